The quantitative estimate of drug-likeness (QED) is 0.730. The summed E-state index contributed by atoms with van der Waals surface area (Å²) in [7, 11) is 1.59. The number of ether oxygens (including phenoxy) is 1. The van der Waals surface area contributed by atoms with Gasteiger partial charge in [-0.25, -0.2) is 0 Å². The zero-order valence-corrected chi connectivity index (χ0v) is 8.62. The molecule has 0 spiro atoms. The topological polar surface area (TPSA) is 64.4 Å². The number of nitrogen functional groups attached to an aromatic ring is 1. The molecule has 0 saturated heterocycles. The second-order valence-electron chi connectivity index (χ2n) is 3.69. The summed E-state index contributed by atoms with van der Waals surface area (Å²) < 4.78 is 5.58. The third-order valence-corrected chi connectivity index (χ3v) is 2.25. The molecule has 1 fully saturated rings. The molecule has 1 amide bonds. The van der Waals surface area contributed by atoms with Crippen LogP contribution in [0.4, 0.5) is 5.69 Å². The highest BCUT2D eigenvalue weighted by Crippen LogP contribution is 2.28. The molecule has 80 valence electrons. The van der Waals surface area contributed by atoms with E-state index in [1.54, 1.807) is 25.2 Å². The fourth-order valence-corrected chi connectivity index (χ4v) is 1.34. The minimum atomic E-state index is -0.150. The number of amides is 1. The first kappa shape index (κ1) is 9.83. The van der Waals surface area contributed by atoms with Gasteiger partial charge in [-0.2, -0.15) is 0 Å². The first-order valence-electron chi connectivity index (χ1n) is 4.98. The highest BCUT2D eigenvalue weighted by atomic mass is 16.5. The lowest BCUT2D eigenvalue weighted by Gasteiger charge is -2.07. The Hall–Kier alpha value is -1.71. The number of hydrogen-bond acceptors (Lipinski definition) is 3. The number of nitrogens with one attached hydrogen (secondary N) is 1. The van der Waals surface area contributed by atoms with Crippen molar-refractivity contribution in [3.8, 4) is 5.75 Å². The minimum Gasteiger partial charge on any atom is -0.490 e. The Balaban J connectivity index is 2.22. The highest BCUT2D eigenvalue weighted by molar-refractivity contribution is 5.95. The van der Waals surface area contributed by atoms with Crippen LogP contribution in [0.25, 0.3) is 0 Å². The number of carbonyl (C=O) groups excluding carboxylic acids is 1. The fraction of sp³-hybridized carbons (Fsp3) is 0.364. The zero-order chi connectivity index (χ0) is 10.8. The van der Waals surface area contributed by atoms with Crippen molar-refractivity contribution >= 4 is 11.6 Å². The van der Waals surface area contributed by atoms with Gasteiger partial charge in [-0.05, 0) is 25.0 Å². The van der Waals surface area contributed by atoms with Crippen molar-refractivity contribution in [3.05, 3.63) is 23.8 Å². The van der Waals surface area contributed by atoms with Crippen molar-refractivity contribution < 1.29 is 9.53 Å². The standard InChI is InChI=1S/C11H14N2O2/c1-13-11(14)7-4-8(12)6-10(5-7)15-9-2-3-9/h4-6,9H,2-3,12H2,1H3,(H,13,14). The Morgan fingerprint density at radius 3 is 2.80 bits per heavy atom. The molecule has 1 aromatic rings. The Morgan fingerprint density at radius 1 is 1.47 bits per heavy atom. The Morgan fingerprint density at radius 2 is 2.20 bits per heavy atom. The summed E-state index contributed by atoms with van der Waals surface area (Å²) in [6.07, 6.45) is 2.48. The van der Waals surface area contributed by atoms with Gasteiger partial charge in [-0.3, -0.25) is 4.79 Å². The van der Waals surface area contributed by atoms with E-state index in [0.717, 1.165) is 12.8 Å². The molecule has 0 atom stereocenters. The van der Waals surface area contributed by atoms with E-state index < -0.39 is 0 Å². The average Bonchev–Trinajstić information content (AvgIpc) is 2.99. The third-order valence-electron chi connectivity index (χ3n) is 2.25. The van der Waals surface area contributed by atoms with E-state index in [1.165, 1.54) is 0 Å². The molecule has 0 unspecified atom stereocenters. The summed E-state index contributed by atoms with van der Waals surface area (Å²) in [5.74, 6) is 0.527. The first-order chi connectivity index (χ1) is 7.19. The van der Waals surface area contributed by atoms with Crippen LogP contribution in [0.5, 0.6) is 5.75 Å². The maximum Gasteiger partial charge on any atom is 0.251 e. The summed E-state index contributed by atoms with van der Waals surface area (Å²) in [5.41, 5.74) is 6.77. The maximum atomic E-state index is 11.4. The fourth-order valence-electron chi connectivity index (χ4n) is 1.34. The van der Waals surface area contributed by atoms with Crippen LogP contribution in [0, 0.1) is 0 Å². The van der Waals surface area contributed by atoms with E-state index in [-0.39, 0.29) is 5.91 Å². The van der Waals surface area contributed by atoms with E-state index in [4.69, 9.17) is 10.5 Å². The van der Waals surface area contributed by atoms with Gasteiger partial charge in [0.25, 0.3) is 5.91 Å². The number of anilines is 1. The van der Waals surface area contributed by atoms with Crippen LogP contribution in [-0.4, -0.2) is 19.1 Å². The summed E-state index contributed by atoms with van der Waals surface area (Å²) in [4.78, 5) is 11.4. The van der Waals surface area contributed by atoms with Crippen LogP contribution < -0.4 is 15.8 Å². The van der Waals surface area contributed by atoms with Gasteiger partial charge >= 0.3 is 0 Å². The number of carbonyl (C=O) groups is 1. The molecule has 2 rings (SSSR count). The van der Waals surface area contributed by atoms with Gasteiger partial charge in [-0.15, -0.1) is 0 Å². The molecule has 3 N–H and O–H groups in total. The molecule has 1 aromatic carbocycles. The SMILES string of the molecule is CNC(=O)c1cc(N)cc(OC2CC2)c1. The maximum absolute atomic E-state index is 11.4. The molecule has 0 aromatic heterocycles. The molecule has 0 heterocycles. The molecule has 4 heteroatoms. The predicted molar refractivity (Wildman–Crippen MR) is 57.9 cm³/mol. The van der Waals surface area contributed by atoms with Crippen LogP contribution in [0.3, 0.4) is 0 Å². The molecule has 1 aliphatic rings. The van der Waals surface area contributed by atoms with Crippen LogP contribution in [-0.2, 0) is 0 Å². The van der Waals surface area contributed by atoms with Crippen molar-refractivity contribution in [1.82, 2.24) is 5.32 Å². The van der Waals surface area contributed by atoms with Gasteiger partial charge in [0.05, 0.1) is 6.10 Å². The second kappa shape index (κ2) is 3.81. The van der Waals surface area contributed by atoms with Crippen molar-refractivity contribution in [1.29, 1.82) is 0 Å². The lowest BCUT2D eigenvalue weighted by Crippen LogP contribution is -2.18. The van der Waals surface area contributed by atoms with Crippen molar-refractivity contribution in [2.75, 3.05) is 12.8 Å². The molecule has 4 nitrogen and oxygen atoms in total. The van der Waals surface area contributed by atoms with E-state index in [1.807, 2.05) is 0 Å². The van der Waals surface area contributed by atoms with Crippen LogP contribution in [0.15, 0.2) is 18.2 Å². The molecule has 0 aliphatic heterocycles. The number of benzene rings is 1. The summed E-state index contributed by atoms with van der Waals surface area (Å²) in [6.45, 7) is 0. The summed E-state index contributed by atoms with van der Waals surface area (Å²) in [5, 5.41) is 2.55. The number of hydrogen-bond donors (Lipinski definition) is 2. The van der Waals surface area contributed by atoms with Gasteiger partial charge in [0, 0.05) is 24.4 Å². The Bertz CT molecular complexity index is 386. The van der Waals surface area contributed by atoms with Gasteiger partial charge < -0.3 is 15.8 Å². The lowest BCUT2D eigenvalue weighted by atomic mass is 10.2. The molecular weight excluding hydrogens is 192 g/mol. The monoisotopic (exact) mass is 206 g/mol. The zero-order valence-electron chi connectivity index (χ0n) is 8.62. The normalized spacial score (nSPS) is 14.7. The minimum absolute atomic E-state index is 0.150. The van der Waals surface area contributed by atoms with E-state index in [2.05, 4.69) is 5.32 Å². The van der Waals surface area contributed by atoms with Crippen molar-refractivity contribution in [2.24, 2.45) is 0 Å². The van der Waals surface area contributed by atoms with Gasteiger partial charge in [0.2, 0.25) is 0 Å². The van der Waals surface area contributed by atoms with Gasteiger partial charge in [-0.1, -0.05) is 0 Å². The molecule has 15 heavy (non-hydrogen) atoms. The number of nitrogens with two attached hydrogens (primary N) is 1. The highest BCUT2D eigenvalue weighted by Gasteiger charge is 2.23. The Kier molecular flexibility index (Phi) is 2.49. The summed E-state index contributed by atoms with van der Waals surface area (Å²) in [6, 6.07) is 5.09. The molecular formula is C11H14N2O2. The number of rotatable bonds is 3. The van der Waals surface area contributed by atoms with Crippen molar-refractivity contribution in [3.63, 3.8) is 0 Å². The average molecular weight is 206 g/mol. The largest absolute Gasteiger partial charge is 0.490 e. The molecule has 1 aliphatic carbocycles. The van der Waals surface area contributed by atoms with E-state index >= 15 is 0 Å². The molecule has 1 saturated carbocycles. The van der Waals surface area contributed by atoms with E-state index in [0.29, 0.717) is 23.1 Å². The van der Waals surface area contributed by atoms with Gasteiger partial charge in [0.1, 0.15) is 5.75 Å². The lowest BCUT2D eigenvalue weighted by molar-refractivity contribution is 0.0962. The molecule has 0 radical (unpaired) electrons. The summed E-state index contributed by atoms with van der Waals surface area (Å²) >= 11 is 0. The third kappa shape index (κ3) is 2.40. The van der Waals surface area contributed by atoms with Gasteiger partial charge in [0.15, 0.2) is 0 Å². The van der Waals surface area contributed by atoms with Crippen molar-refractivity contribution in [2.45, 2.75) is 18.9 Å². The predicted octanol–water partition coefficient (Wildman–Crippen LogP) is 1.17. The van der Waals surface area contributed by atoms with E-state index in [9.17, 15) is 4.79 Å². The Labute approximate surface area is 88.4 Å². The smallest absolute Gasteiger partial charge is 0.251 e. The van der Waals surface area contributed by atoms with Crippen LogP contribution in [0.1, 0.15) is 23.2 Å². The first-order valence-corrected chi connectivity index (χ1v) is 4.98. The molecule has 0 bridgehead atoms. The van der Waals surface area contributed by atoms with Crippen LogP contribution in [0.2, 0.25) is 0 Å². The second-order valence-corrected chi connectivity index (χ2v) is 3.69. The van der Waals surface area contributed by atoms with Crippen LogP contribution >= 0.6 is 0 Å².